The number of cyclic esters (lactones) is 2. The number of aromatic hydroxyl groups is 1. The average Bonchev–Trinajstić information content (AvgIpc) is 1.52. The quantitative estimate of drug-likeness (QED) is 0.0555. The Balaban J connectivity index is 1.03. The van der Waals surface area contributed by atoms with Gasteiger partial charge in [0.1, 0.15) is 125 Å². The van der Waals surface area contributed by atoms with Crippen LogP contribution in [0.5, 0.6) is 5.75 Å². The highest BCUT2D eigenvalue weighted by Gasteiger charge is 2.49. The second-order valence-corrected chi connectivity index (χ2v) is 26.9. The summed E-state index contributed by atoms with van der Waals surface area (Å²) >= 11 is 4.59. The number of allylic oxidation sites excluding steroid dienone is 1. The highest BCUT2D eigenvalue weighted by Crippen LogP contribution is 2.43. The number of pyridine rings is 1. The van der Waals surface area contributed by atoms with Crippen molar-refractivity contribution in [3.8, 4) is 38.4 Å². The minimum absolute atomic E-state index is 0.000686. The molecule has 1 fully saturated rings. The van der Waals surface area contributed by atoms with Gasteiger partial charge in [0.2, 0.25) is 5.91 Å². The van der Waals surface area contributed by atoms with Crippen LogP contribution >= 0.6 is 56.7 Å². The molecule has 0 spiro atoms. The molecule has 1 unspecified atom stereocenters. The second kappa shape index (κ2) is 27.0. The number of ether oxygens (including phenoxy) is 6. The Morgan fingerprint density at radius 2 is 1.52 bits per heavy atom. The van der Waals surface area contributed by atoms with Gasteiger partial charge in [-0.05, 0) is 52.4 Å². The number of carbonyl (C=O) groups is 8. The minimum Gasteiger partial charge on any atom is -0.506 e. The van der Waals surface area contributed by atoms with Gasteiger partial charge in [-0.15, -0.1) is 56.7 Å². The minimum atomic E-state index is -1.86. The summed E-state index contributed by atoms with van der Waals surface area (Å²) in [5, 5.41) is 58.6. The first-order chi connectivity index (χ1) is 45.9. The number of fused-ring (bicyclic) bond motifs is 15. The average molecular weight is 1410 g/mol. The lowest BCUT2D eigenvalue weighted by molar-refractivity contribution is -0.272. The van der Waals surface area contributed by atoms with Crippen LogP contribution < -0.4 is 37.6 Å². The number of likely N-dealkylation sites (N-methyl/N-ethyl adjacent to an activating group) is 1. The van der Waals surface area contributed by atoms with E-state index in [1.165, 1.54) is 48.5 Å². The Morgan fingerprint density at radius 1 is 0.844 bits per heavy atom. The summed E-state index contributed by atoms with van der Waals surface area (Å²) in [5.74, 6) is -7.85. The first-order valence-electron chi connectivity index (χ1n) is 29.2. The van der Waals surface area contributed by atoms with Gasteiger partial charge < -0.3 is 86.4 Å². The molecule has 31 nitrogen and oxygen atoms in total. The van der Waals surface area contributed by atoms with E-state index in [-0.39, 0.29) is 106 Å². The number of H-pyrrole nitrogens is 1. The molecule has 7 aromatic heterocycles. The molecule has 12 bridgehead atoms. The lowest BCUT2D eigenvalue weighted by Gasteiger charge is -2.45. The molecule has 0 radical (unpaired) electrons. The van der Waals surface area contributed by atoms with Gasteiger partial charge >= 0.3 is 11.9 Å². The Labute approximate surface area is 562 Å². The van der Waals surface area contributed by atoms with Crippen molar-refractivity contribution in [2.45, 2.75) is 108 Å². The second-order valence-electron chi connectivity index (χ2n) is 22.6. The molecule has 6 amide bonds. The number of benzene rings is 1. The van der Waals surface area contributed by atoms with Crippen molar-refractivity contribution in [1.82, 2.24) is 66.8 Å². The largest absolute Gasteiger partial charge is 0.506 e. The van der Waals surface area contributed by atoms with E-state index in [1.54, 1.807) is 44.5 Å². The van der Waals surface area contributed by atoms with E-state index < -0.39 is 133 Å². The summed E-state index contributed by atoms with van der Waals surface area (Å²) in [5.41, 5.74) is 3.32. The molecular formula is C60H58N14O17S5. The highest BCUT2D eigenvalue weighted by molar-refractivity contribution is 7.14. The standard InChI is InChI=1S/C60H58N14O17S5/c1-21(47(61)77)63-48(78)31-18-95-56(69-31)42-35(76)11-26-40(71-42)30-16-93-54(66-30)29-15-89-58(83)41-27-14-87-44(45(91-36-12-60(5,85)46(62-6)24(4)90-36)59(84)88-13-25-9-8-10-28(64-41)37(25)27)43(57-70-32(19-96-57)49(79)65-29)74-51(81)34-20-94-55(68-34)39(23(3)86-7)73-52(82)38(22(2)75)72-50(80)33-17-92-53(26)67-33/h8-11,16-20,22,24,29,36,38,43-46,62,64,75-76,85H,1,12-15H2,2-7H3,(H2,61,77)(H,63,78)(H,65,79)(H,72,80)(H,73,82)(H,74,81)/t22-,24+,29+,36+,38+,43+,44?,45+,46-,60+/m1/s1. The number of methoxy groups -OCH3 is 1. The number of carbonyl (C=O) groups excluding carboxylic acids is 8. The van der Waals surface area contributed by atoms with E-state index in [4.69, 9.17) is 49.1 Å². The van der Waals surface area contributed by atoms with Crippen molar-refractivity contribution in [2.24, 2.45) is 5.73 Å². The van der Waals surface area contributed by atoms with E-state index in [0.29, 0.717) is 16.5 Å². The lowest BCUT2D eigenvalue weighted by atomic mass is 9.86. The fraction of sp³-hybridized carbons (Fsp3) is 0.333. The zero-order valence-corrected chi connectivity index (χ0v) is 55.4. The van der Waals surface area contributed by atoms with Crippen molar-refractivity contribution in [3.05, 3.63) is 124 Å². The number of esters is 2. The van der Waals surface area contributed by atoms with Crippen LogP contribution in [0.15, 0.2) is 69.2 Å². The Hall–Kier alpha value is -9.34. The number of nitrogens with two attached hydrogens (primary N) is 1. The van der Waals surface area contributed by atoms with Gasteiger partial charge in [0.15, 0.2) is 12.4 Å². The van der Waals surface area contributed by atoms with E-state index >= 15 is 9.59 Å². The smallest absolute Gasteiger partial charge is 0.355 e. The fourth-order valence-electron chi connectivity index (χ4n) is 11.2. The molecule has 0 aliphatic carbocycles. The van der Waals surface area contributed by atoms with Crippen LogP contribution in [0.2, 0.25) is 0 Å². The molecule has 36 heteroatoms. The number of nitrogens with one attached hydrogen (secondary N) is 7. The van der Waals surface area contributed by atoms with Gasteiger partial charge in [0.05, 0.1) is 43.3 Å². The van der Waals surface area contributed by atoms with Crippen molar-refractivity contribution >= 4 is 121 Å². The third-order valence-corrected chi connectivity index (χ3v) is 20.5. The monoisotopic (exact) mass is 1410 g/mol. The summed E-state index contributed by atoms with van der Waals surface area (Å²) in [4.78, 5) is 145. The molecule has 12 rings (SSSR count). The Bertz CT molecular complexity index is 4510. The molecule has 1 saturated heterocycles. The van der Waals surface area contributed by atoms with Crippen LogP contribution in [0, 0.1) is 0 Å². The van der Waals surface area contributed by atoms with E-state index in [1.807, 2.05) is 0 Å². The van der Waals surface area contributed by atoms with Gasteiger partial charge in [-0.25, -0.2) is 39.5 Å². The maximum atomic E-state index is 15.1. The number of aromatic nitrogens is 7. The SMILES string of the molecule is C=C(NC(=O)c1csc(-c2nc3c(cc2O)-c2nc(cs2)C(=O)N[C@@H]([C@@H](C)O)C(=O)NC(=C(C)OC)c2nc(cs2)C(=O)N[C@@H]2c4nc(cs4)C(=O)N[C@@H](COC(=O)c4[nH]c5cccc6c5c4COC2[C@H](O[C@H]2C[C@](C)(O)[C@H](NC)[C@H](C)O2)C(=O)OC6)c2nc-3cs2)n1)C(N)=O. The van der Waals surface area contributed by atoms with Gasteiger partial charge in [0.25, 0.3) is 29.5 Å². The van der Waals surface area contributed by atoms with Gasteiger partial charge in [-0.3, -0.25) is 28.8 Å². The van der Waals surface area contributed by atoms with Gasteiger partial charge in [0, 0.05) is 55.4 Å². The molecule has 11 heterocycles. The number of aliphatic hydroxyl groups is 2. The number of aliphatic hydroxyl groups excluding tert-OH is 1. The number of thiazole rings is 5. The molecule has 500 valence electrons. The summed E-state index contributed by atoms with van der Waals surface area (Å²) < 4.78 is 37.6. The fourth-order valence-corrected chi connectivity index (χ4v) is 15.4. The molecule has 4 aliphatic heterocycles. The molecule has 1 aromatic carbocycles. The van der Waals surface area contributed by atoms with Crippen LogP contribution in [0.4, 0.5) is 0 Å². The predicted molar refractivity (Wildman–Crippen MR) is 345 cm³/mol. The van der Waals surface area contributed by atoms with Crippen LogP contribution in [0.25, 0.3) is 49.3 Å². The van der Waals surface area contributed by atoms with Crippen LogP contribution in [-0.4, -0.2) is 167 Å². The van der Waals surface area contributed by atoms with Crippen molar-refractivity contribution in [3.63, 3.8) is 0 Å². The molecule has 96 heavy (non-hydrogen) atoms. The molecule has 0 saturated carbocycles. The first kappa shape index (κ1) is 66.7. The summed E-state index contributed by atoms with van der Waals surface area (Å²) in [6.07, 6.45) is -7.33. The van der Waals surface area contributed by atoms with E-state index in [0.717, 1.165) is 56.7 Å². The number of rotatable bonds is 9. The number of aromatic amines is 1. The molecule has 12 N–H and O–H groups in total. The molecule has 8 aromatic rings. The summed E-state index contributed by atoms with van der Waals surface area (Å²) in [6.45, 7) is 8.04. The van der Waals surface area contributed by atoms with Crippen molar-refractivity contribution < 1.29 is 82.1 Å². The normalized spacial score (nSPS) is 24.2. The lowest BCUT2D eigenvalue weighted by Crippen LogP contribution is -2.61. The topological polar surface area (TPSA) is 444 Å². The first-order valence-corrected chi connectivity index (χ1v) is 33.6. The maximum absolute atomic E-state index is 15.1. The zero-order chi connectivity index (χ0) is 68.2. The third kappa shape index (κ3) is 13.2. The Kier molecular flexibility index (Phi) is 18.8. The third-order valence-electron chi connectivity index (χ3n) is 16.0. The number of amides is 6. The van der Waals surface area contributed by atoms with Crippen LogP contribution in [0.1, 0.15) is 125 Å². The Morgan fingerprint density at radius 3 is 2.25 bits per heavy atom. The number of nitrogens with zero attached hydrogens (tertiary/aromatic N) is 6. The van der Waals surface area contributed by atoms with Crippen molar-refractivity contribution in [1.29, 1.82) is 0 Å². The molecular weight excluding hydrogens is 1350 g/mol. The maximum Gasteiger partial charge on any atom is 0.355 e. The highest BCUT2D eigenvalue weighted by atomic mass is 32.1. The van der Waals surface area contributed by atoms with E-state index in [2.05, 4.69) is 58.4 Å². The number of primary amides is 1. The van der Waals surface area contributed by atoms with Crippen LogP contribution in [0.3, 0.4) is 0 Å². The zero-order valence-electron chi connectivity index (χ0n) is 51.3. The van der Waals surface area contributed by atoms with Gasteiger partial charge in [-0.1, -0.05) is 18.7 Å². The summed E-state index contributed by atoms with van der Waals surface area (Å²) in [7, 11) is 2.97. The molecule has 4 aliphatic rings. The number of hydrogen-bond acceptors (Lipinski definition) is 29. The van der Waals surface area contributed by atoms with Crippen molar-refractivity contribution in [2.75, 3.05) is 20.8 Å². The van der Waals surface area contributed by atoms with Crippen LogP contribution in [-0.2, 0) is 56.0 Å². The molecule has 10 atom stereocenters. The summed E-state index contributed by atoms with van der Waals surface area (Å²) in [6, 6.07) is 1.19. The van der Waals surface area contributed by atoms with Gasteiger partial charge in [-0.2, -0.15) is 0 Å². The predicted octanol–water partition coefficient (Wildman–Crippen LogP) is 3.84. The number of hydrogen-bond donors (Lipinski definition) is 11. The van der Waals surface area contributed by atoms with E-state index in [9.17, 15) is 44.1 Å².